The van der Waals surface area contributed by atoms with E-state index in [0.717, 1.165) is 23.4 Å². The Morgan fingerprint density at radius 2 is 1.81 bits per heavy atom. The molecule has 1 N–H and O–H groups in total. The Labute approximate surface area is 155 Å². The van der Waals surface area contributed by atoms with Crippen LogP contribution in [0.5, 0.6) is 0 Å². The molecule has 3 rings (SSSR count). The van der Waals surface area contributed by atoms with Crippen molar-refractivity contribution < 1.29 is 9.59 Å². The second kappa shape index (κ2) is 7.73. The fourth-order valence-electron chi connectivity index (χ4n) is 3.23. The van der Waals surface area contributed by atoms with E-state index in [9.17, 15) is 9.59 Å². The number of rotatable bonds is 5. The molecule has 4 heteroatoms. The standard InChI is InChI=1S/C22H26N2O2/c1-4-16(3)17-7-9-19(10-8-17)23-22(26)18-13-21(25)24(14-18)20-11-5-15(2)6-12-20/h5-12,16,18H,4,13-14H2,1-3H3,(H,23,26). The third kappa shape index (κ3) is 3.96. The van der Waals surface area contributed by atoms with Gasteiger partial charge in [0, 0.05) is 24.3 Å². The zero-order valence-corrected chi connectivity index (χ0v) is 15.7. The van der Waals surface area contributed by atoms with Crippen molar-refractivity contribution in [2.75, 3.05) is 16.8 Å². The normalized spacial score (nSPS) is 18.0. The van der Waals surface area contributed by atoms with Gasteiger partial charge < -0.3 is 10.2 Å². The van der Waals surface area contributed by atoms with Gasteiger partial charge in [-0.25, -0.2) is 0 Å². The maximum absolute atomic E-state index is 12.6. The van der Waals surface area contributed by atoms with E-state index in [-0.39, 0.29) is 24.2 Å². The fraction of sp³-hybridized carbons (Fsp3) is 0.364. The van der Waals surface area contributed by atoms with Crippen molar-refractivity contribution in [3.05, 3.63) is 59.7 Å². The average Bonchev–Trinajstić information content (AvgIpc) is 3.04. The van der Waals surface area contributed by atoms with Gasteiger partial charge in [0.05, 0.1) is 5.92 Å². The zero-order chi connectivity index (χ0) is 18.7. The van der Waals surface area contributed by atoms with Gasteiger partial charge in [0.1, 0.15) is 0 Å². The quantitative estimate of drug-likeness (QED) is 0.863. The maximum Gasteiger partial charge on any atom is 0.229 e. The highest BCUT2D eigenvalue weighted by Gasteiger charge is 2.35. The van der Waals surface area contributed by atoms with Gasteiger partial charge in [-0.2, -0.15) is 0 Å². The van der Waals surface area contributed by atoms with Crippen LogP contribution in [-0.4, -0.2) is 18.4 Å². The van der Waals surface area contributed by atoms with E-state index in [1.165, 1.54) is 5.56 Å². The third-order valence-electron chi connectivity index (χ3n) is 5.20. The minimum atomic E-state index is -0.321. The van der Waals surface area contributed by atoms with Crippen LogP contribution in [-0.2, 0) is 9.59 Å². The van der Waals surface area contributed by atoms with E-state index in [1.807, 2.05) is 43.3 Å². The predicted molar refractivity (Wildman–Crippen MR) is 105 cm³/mol. The first-order chi connectivity index (χ1) is 12.5. The number of hydrogen-bond acceptors (Lipinski definition) is 2. The van der Waals surface area contributed by atoms with Crippen molar-refractivity contribution in [3.8, 4) is 0 Å². The Bertz CT molecular complexity index is 781. The van der Waals surface area contributed by atoms with E-state index in [4.69, 9.17) is 0 Å². The Kier molecular flexibility index (Phi) is 5.40. The van der Waals surface area contributed by atoms with E-state index < -0.39 is 0 Å². The van der Waals surface area contributed by atoms with E-state index in [2.05, 4.69) is 31.3 Å². The number of amides is 2. The number of carbonyl (C=O) groups excluding carboxylic acids is 2. The lowest BCUT2D eigenvalue weighted by molar-refractivity contribution is -0.122. The summed E-state index contributed by atoms with van der Waals surface area (Å²) >= 11 is 0. The Balaban J connectivity index is 1.63. The second-order valence-corrected chi connectivity index (χ2v) is 7.16. The van der Waals surface area contributed by atoms with Gasteiger partial charge in [0.15, 0.2) is 0 Å². The number of benzene rings is 2. The summed E-state index contributed by atoms with van der Waals surface area (Å²) in [5, 5.41) is 2.95. The van der Waals surface area contributed by atoms with Crippen LogP contribution < -0.4 is 10.2 Å². The summed E-state index contributed by atoms with van der Waals surface area (Å²) in [6.07, 6.45) is 1.34. The smallest absolute Gasteiger partial charge is 0.229 e. The zero-order valence-electron chi connectivity index (χ0n) is 15.7. The minimum Gasteiger partial charge on any atom is -0.326 e. The third-order valence-corrected chi connectivity index (χ3v) is 5.20. The van der Waals surface area contributed by atoms with Crippen LogP contribution in [0.3, 0.4) is 0 Å². The van der Waals surface area contributed by atoms with Crippen molar-refractivity contribution in [1.82, 2.24) is 0 Å². The molecule has 26 heavy (non-hydrogen) atoms. The van der Waals surface area contributed by atoms with Crippen LogP contribution in [0.15, 0.2) is 48.5 Å². The summed E-state index contributed by atoms with van der Waals surface area (Å²) in [5.41, 5.74) is 4.06. The van der Waals surface area contributed by atoms with Gasteiger partial charge in [0.2, 0.25) is 11.8 Å². The van der Waals surface area contributed by atoms with Crippen molar-refractivity contribution >= 4 is 23.2 Å². The van der Waals surface area contributed by atoms with Crippen LogP contribution in [0.2, 0.25) is 0 Å². The number of carbonyl (C=O) groups is 2. The molecule has 2 aromatic rings. The van der Waals surface area contributed by atoms with Gasteiger partial charge in [0.25, 0.3) is 0 Å². The summed E-state index contributed by atoms with van der Waals surface area (Å²) in [6, 6.07) is 15.8. The number of aryl methyl sites for hydroxylation is 1. The summed E-state index contributed by atoms with van der Waals surface area (Å²) < 4.78 is 0. The molecule has 0 spiro atoms. The van der Waals surface area contributed by atoms with Crippen molar-refractivity contribution in [1.29, 1.82) is 0 Å². The van der Waals surface area contributed by atoms with Gasteiger partial charge in [-0.3, -0.25) is 9.59 Å². The van der Waals surface area contributed by atoms with Crippen molar-refractivity contribution in [2.24, 2.45) is 5.92 Å². The monoisotopic (exact) mass is 350 g/mol. The molecule has 0 radical (unpaired) electrons. The largest absolute Gasteiger partial charge is 0.326 e. The summed E-state index contributed by atoms with van der Waals surface area (Å²) in [7, 11) is 0. The molecule has 0 saturated carbocycles. The molecule has 1 aliphatic rings. The highest BCUT2D eigenvalue weighted by atomic mass is 16.2. The topological polar surface area (TPSA) is 49.4 Å². The lowest BCUT2D eigenvalue weighted by Crippen LogP contribution is -2.28. The molecule has 0 aliphatic carbocycles. The molecule has 1 saturated heterocycles. The first-order valence-corrected chi connectivity index (χ1v) is 9.25. The highest BCUT2D eigenvalue weighted by Crippen LogP contribution is 2.27. The SMILES string of the molecule is CCC(C)c1ccc(NC(=O)C2CC(=O)N(c3ccc(C)cc3)C2)cc1. The molecular weight excluding hydrogens is 324 g/mol. The number of hydrogen-bond donors (Lipinski definition) is 1. The minimum absolute atomic E-state index is 0.00104. The number of nitrogens with zero attached hydrogens (tertiary/aromatic N) is 1. The summed E-state index contributed by atoms with van der Waals surface area (Å²) in [6.45, 7) is 6.80. The van der Waals surface area contributed by atoms with Crippen molar-refractivity contribution in [2.45, 2.75) is 39.5 Å². The summed E-state index contributed by atoms with van der Waals surface area (Å²) in [5.74, 6) is 0.0960. The van der Waals surface area contributed by atoms with Crippen LogP contribution in [0.1, 0.15) is 43.7 Å². The van der Waals surface area contributed by atoms with Crippen LogP contribution in [0.25, 0.3) is 0 Å². The molecule has 0 aromatic heterocycles. The van der Waals surface area contributed by atoms with Gasteiger partial charge >= 0.3 is 0 Å². The van der Waals surface area contributed by atoms with E-state index in [0.29, 0.717) is 12.5 Å². The average molecular weight is 350 g/mol. The van der Waals surface area contributed by atoms with Crippen LogP contribution >= 0.6 is 0 Å². The molecule has 2 aromatic carbocycles. The lowest BCUT2D eigenvalue weighted by atomic mass is 9.98. The molecule has 2 atom stereocenters. The van der Waals surface area contributed by atoms with E-state index in [1.54, 1.807) is 4.90 Å². The first kappa shape index (κ1) is 18.2. The maximum atomic E-state index is 12.6. The Morgan fingerprint density at radius 3 is 2.42 bits per heavy atom. The molecule has 0 bridgehead atoms. The van der Waals surface area contributed by atoms with Crippen molar-refractivity contribution in [3.63, 3.8) is 0 Å². The van der Waals surface area contributed by atoms with Gasteiger partial charge in [-0.1, -0.05) is 43.7 Å². The predicted octanol–water partition coefficient (Wildman–Crippen LogP) is 4.50. The molecule has 2 amide bonds. The van der Waals surface area contributed by atoms with Gasteiger partial charge in [-0.05, 0) is 49.1 Å². The first-order valence-electron chi connectivity index (χ1n) is 9.25. The Hall–Kier alpha value is -2.62. The molecule has 1 aliphatic heterocycles. The number of nitrogens with one attached hydrogen (secondary N) is 1. The van der Waals surface area contributed by atoms with E-state index >= 15 is 0 Å². The highest BCUT2D eigenvalue weighted by molar-refractivity contribution is 6.03. The second-order valence-electron chi connectivity index (χ2n) is 7.16. The summed E-state index contributed by atoms with van der Waals surface area (Å²) in [4.78, 5) is 26.6. The van der Waals surface area contributed by atoms with Crippen LogP contribution in [0, 0.1) is 12.8 Å². The molecule has 1 fully saturated rings. The molecule has 136 valence electrons. The molecule has 2 unspecified atom stereocenters. The fourth-order valence-corrected chi connectivity index (χ4v) is 3.23. The van der Waals surface area contributed by atoms with Gasteiger partial charge in [-0.15, -0.1) is 0 Å². The number of anilines is 2. The lowest BCUT2D eigenvalue weighted by Gasteiger charge is -2.17. The Morgan fingerprint density at radius 1 is 1.15 bits per heavy atom. The van der Waals surface area contributed by atoms with Crippen LogP contribution in [0.4, 0.5) is 11.4 Å². The molecule has 1 heterocycles. The molecule has 4 nitrogen and oxygen atoms in total. The molecular formula is C22H26N2O2.